The fraction of sp³-hybridized carbons (Fsp3) is 1.00. The highest BCUT2D eigenvalue weighted by molar-refractivity contribution is 4.94. The average Bonchev–Trinajstić information content (AvgIpc) is 2.31. The van der Waals surface area contributed by atoms with E-state index in [1.165, 1.54) is 6.42 Å². The van der Waals surface area contributed by atoms with Gasteiger partial charge in [0.05, 0.1) is 11.6 Å². The summed E-state index contributed by atoms with van der Waals surface area (Å²) in [6.07, 6.45) is 4.11. The maximum absolute atomic E-state index is 6.03. The fourth-order valence-corrected chi connectivity index (χ4v) is 2.60. The molecule has 102 valence electrons. The molecule has 1 saturated heterocycles. The van der Waals surface area contributed by atoms with Gasteiger partial charge >= 0.3 is 0 Å². The zero-order valence-electron chi connectivity index (χ0n) is 11.5. The molecule has 4 heteroatoms. The smallest absolute Gasteiger partial charge is 0.0891 e. The molecule has 1 aliphatic heterocycles. The average molecular weight is 244 g/mol. The van der Waals surface area contributed by atoms with E-state index in [1.807, 2.05) is 6.92 Å². The number of rotatable bonds is 7. The van der Waals surface area contributed by atoms with E-state index in [2.05, 4.69) is 19.3 Å². The van der Waals surface area contributed by atoms with Crippen LogP contribution in [0.2, 0.25) is 0 Å². The molecule has 0 aromatic carbocycles. The van der Waals surface area contributed by atoms with E-state index in [9.17, 15) is 0 Å². The van der Waals surface area contributed by atoms with Crippen molar-refractivity contribution in [2.75, 3.05) is 19.8 Å². The predicted octanol–water partition coefficient (Wildman–Crippen LogP) is 1.84. The Morgan fingerprint density at radius 1 is 1.29 bits per heavy atom. The standard InChI is InChI=1S/C13H28N2O2/c1-4-17-13(7-9-16-10-8-13)12(15-14)6-5-11(2)3/h11-12,15H,4-10,14H2,1-3H3. The van der Waals surface area contributed by atoms with E-state index in [0.717, 1.165) is 39.1 Å². The molecule has 1 fully saturated rings. The van der Waals surface area contributed by atoms with Crippen molar-refractivity contribution in [1.29, 1.82) is 0 Å². The molecule has 0 radical (unpaired) electrons. The normalized spacial score (nSPS) is 21.7. The first-order chi connectivity index (χ1) is 8.14. The summed E-state index contributed by atoms with van der Waals surface area (Å²) in [5, 5.41) is 0. The van der Waals surface area contributed by atoms with Gasteiger partial charge in [-0.3, -0.25) is 11.3 Å². The molecular formula is C13H28N2O2. The first-order valence-corrected chi connectivity index (χ1v) is 6.82. The zero-order valence-corrected chi connectivity index (χ0v) is 11.5. The highest BCUT2D eigenvalue weighted by atomic mass is 16.5. The predicted molar refractivity (Wildman–Crippen MR) is 69.6 cm³/mol. The second-order valence-electron chi connectivity index (χ2n) is 5.30. The maximum Gasteiger partial charge on any atom is 0.0891 e. The second-order valence-corrected chi connectivity index (χ2v) is 5.30. The van der Waals surface area contributed by atoms with E-state index >= 15 is 0 Å². The van der Waals surface area contributed by atoms with Crippen LogP contribution in [0.4, 0.5) is 0 Å². The quantitative estimate of drug-likeness (QED) is 0.530. The molecule has 1 aliphatic rings. The van der Waals surface area contributed by atoms with Crippen LogP contribution in [-0.4, -0.2) is 31.5 Å². The zero-order chi connectivity index (χ0) is 12.7. The number of hydrogen-bond donors (Lipinski definition) is 2. The third-order valence-electron chi connectivity index (χ3n) is 3.64. The molecule has 1 heterocycles. The van der Waals surface area contributed by atoms with Gasteiger partial charge < -0.3 is 9.47 Å². The molecule has 0 spiro atoms. The van der Waals surface area contributed by atoms with Crippen molar-refractivity contribution in [3.8, 4) is 0 Å². The molecule has 0 aliphatic carbocycles. The van der Waals surface area contributed by atoms with Crippen LogP contribution < -0.4 is 11.3 Å². The molecule has 1 unspecified atom stereocenters. The van der Waals surface area contributed by atoms with Crippen LogP contribution >= 0.6 is 0 Å². The Kier molecular flexibility index (Phi) is 6.41. The van der Waals surface area contributed by atoms with Crippen molar-refractivity contribution in [2.45, 2.75) is 58.1 Å². The van der Waals surface area contributed by atoms with Crippen molar-refractivity contribution in [1.82, 2.24) is 5.43 Å². The van der Waals surface area contributed by atoms with E-state index < -0.39 is 0 Å². The van der Waals surface area contributed by atoms with Crippen LogP contribution in [-0.2, 0) is 9.47 Å². The van der Waals surface area contributed by atoms with Crippen LogP contribution in [0.25, 0.3) is 0 Å². The Morgan fingerprint density at radius 2 is 1.94 bits per heavy atom. The number of hydrazine groups is 1. The Bertz CT molecular complexity index is 198. The summed E-state index contributed by atoms with van der Waals surface area (Å²) < 4.78 is 11.5. The van der Waals surface area contributed by atoms with Gasteiger partial charge in [0.2, 0.25) is 0 Å². The molecule has 0 aromatic rings. The molecule has 0 bridgehead atoms. The molecule has 0 saturated carbocycles. The minimum absolute atomic E-state index is 0.128. The van der Waals surface area contributed by atoms with Crippen LogP contribution in [0, 0.1) is 5.92 Å². The summed E-state index contributed by atoms with van der Waals surface area (Å²) in [7, 11) is 0. The third-order valence-corrected chi connectivity index (χ3v) is 3.64. The number of ether oxygens (including phenoxy) is 2. The van der Waals surface area contributed by atoms with Gasteiger partial charge in [-0.05, 0) is 25.7 Å². The lowest BCUT2D eigenvalue weighted by molar-refractivity contribution is -0.128. The Hall–Kier alpha value is -0.160. The Balaban J connectivity index is 2.63. The van der Waals surface area contributed by atoms with Gasteiger partial charge in [0.25, 0.3) is 0 Å². The summed E-state index contributed by atoms with van der Waals surface area (Å²) in [5.41, 5.74) is 2.84. The lowest BCUT2D eigenvalue weighted by atomic mass is 9.83. The molecule has 3 N–H and O–H groups in total. The Labute approximate surface area is 105 Å². The summed E-state index contributed by atoms with van der Waals surface area (Å²) in [4.78, 5) is 0. The van der Waals surface area contributed by atoms with Gasteiger partial charge in [-0.15, -0.1) is 0 Å². The minimum Gasteiger partial charge on any atom is -0.381 e. The lowest BCUT2D eigenvalue weighted by Gasteiger charge is -2.43. The summed E-state index contributed by atoms with van der Waals surface area (Å²) in [5.74, 6) is 6.43. The number of nitrogens with one attached hydrogen (secondary N) is 1. The highest BCUT2D eigenvalue weighted by Gasteiger charge is 2.40. The molecule has 1 atom stereocenters. The van der Waals surface area contributed by atoms with Gasteiger partial charge in [0.1, 0.15) is 0 Å². The topological polar surface area (TPSA) is 56.5 Å². The van der Waals surface area contributed by atoms with Crippen molar-refractivity contribution in [2.24, 2.45) is 11.8 Å². The van der Waals surface area contributed by atoms with Crippen LogP contribution in [0.1, 0.15) is 46.5 Å². The number of hydrogen-bond acceptors (Lipinski definition) is 4. The highest BCUT2D eigenvalue weighted by Crippen LogP contribution is 2.31. The maximum atomic E-state index is 6.03. The van der Waals surface area contributed by atoms with E-state index in [0.29, 0.717) is 5.92 Å². The lowest BCUT2D eigenvalue weighted by Crippen LogP contribution is -2.57. The van der Waals surface area contributed by atoms with Gasteiger partial charge in [-0.25, -0.2) is 0 Å². The third kappa shape index (κ3) is 4.21. The van der Waals surface area contributed by atoms with Gasteiger partial charge in [0.15, 0.2) is 0 Å². The molecule has 17 heavy (non-hydrogen) atoms. The van der Waals surface area contributed by atoms with E-state index in [1.54, 1.807) is 0 Å². The van der Waals surface area contributed by atoms with Crippen molar-refractivity contribution in [3.63, 3.8) is 0 Å². The SMILES string of the molecule is CCOC1(C(CCC(C)C)NN)CCOCC1. The van der Waals surface area contributed by atoms with Crippen LogP contribution in [0.15, 0.2) is 0 Å². The summed E-state index contributed by atoms with van der Waals surface area (Å²) in [6.45, 7) is 8.82. The largest absolute Gasteiger partial charge is 0.381 e. The van der Waals surface area contributed by atoms with E-state index in [-0.39, 0.29) is 11.6 Å². The molecule has 0 amide bonds. The molecular weight excluding hydrogens is 216 g/mol. The fourth-order valence-electron chi connectivity index (χ4n) is 2.60. The molecule has 0 aromatic heterocycles. The van der Waals surface area contributed by atoms with E-state index in [4.69, 9.17) is 15.3 Å². The number of nitrogens with two attached hydrogens (primary N) is 1. The summed E-state index contributed by atoms with van der Waals surface area (Å²) in [6, 6.07) is 0.230. The van der Waals surface area contributed by atoms with Crippen molar-refractivity contribution in [3.05, 3.63) is 0 Å². The Morgan fingerprint density at radius 3 is 2.41 bits per heavy atom. The van der Waals surface area contributed by atoms with Crippen LogP contribution in [0.5, 0.6) is 0 Å². The monoisotopic (exact) mass is 244 g/mol. The van der Waals surface area contributed by atoms with Gasteiger partial charge in [0, 0.05) is 32.7 Å². The van der Waals surface area contributed by atoms with Crippen molar-refractivity contribution >= 4 is 0 Å². The molecule has 4 nitrogen and oxygen atoms in total. The second kappa shape index (κ2) is 7.31. The van der Waals surface area contributed by atoms with Crippen LogP contribution in [0.3, 0.4) is 0 Å². The summed E-state index contributed by atoms with van der Waals surface area (Å²) >= 11 is 0. The van der Waals surface area contributed by atoms with Gasteiger partial charge in [-0.1, -0.05) is 13.8 Å². The van der Waals surface area contributed by atoms with Gasteiger partial charge in [-0.2, -0.15) is 0 Å². The first kappa shape index (κ1) is 14.9. The van der Waals surface area contributed by atoms with Crippen molar-refractivity contribution < 1.29 is 9.47 Å². The first-order valence-electron chi connectivity index (χ1n) is 6.82. The minimum atomic E-state index is -0.128. The molecule has 1 rings (SSSR count).